The molecule has 3 aromatic carbocycles. The van der Waals surface area contributed by atoms with Gasteiger partial charge in [-0.05, 0) is 73.2 Å². The van der Waals surface area contributed by atoms with Crippen LogP contribution in [-0.2, 0) is 25.7 Å². The van der Waals surface area contributed by atoms with E-state index in [1.54, 1.807) is 55.5 Å². The SMILES string of the molecule is CCOC(=O)c1ccc(NC(=O)Cn2c3c(sc2=O)[C@H](c2ccc(Br)cc2)C2C(=O)N(c4ccc(OC)cc4)C(=O)C2S3)cc1. The summed E-state index contributed by atoms with van der Waals surface area (Å²) in [5.41, 5.74) is 2.01. The highest BCUT2D eigenvalue weighted by atomic mass is 79.9. The number of carbonyl (C=O) groups is 4. The predicted molar refractivity (Wildman–Crippen MR) is 174 cm³/mol. The molecule has 10 nitrogen and oxygen atoms in total. The molecule has 3 amide bonds. The van der Waals surface area contributed by atoms with Crippen molar-refractivity contribution in [1.82, 2.24) is 4.57 Å². The summed E-state index contributed by atoms with van der Waals surface area (Å²) >= 11 is 5.59. The van der Waals surface area contributed by atoms with Crippen molar-refractivity contribution in [2.45, 2.75) is 29.7 Å². The van der Waals surface area contributed by atoms with Crippen LogP contribution in [0.25, 0.3) is 0 Å². The van der Waals surface area contributed by atoms with Crippen molar-refractivity contribution in [2.75, 3.05) is 23.9 Å². The smallest absolute Gasteiger partial charge is 0.338 e. The molecule has 3 heterocycles. The van der Waals surface area contributed by atoms with Crippen LogP contribution in [0.3, 0.4) is 0 Å². The summed E-state index contributed by atoms with van der Waals surface area (Å²) in [5, 5.41) is 2.45. The van der Waals surface area contributed by atoms with Gasteiger partial charge in [0.05, 0.1) is 35.9 Å². The molecule has 2 aliphatic rings. The normalized spacial score (nSPS) is 18.7. The number of rotatable bonds is 8. The fraction of sp³-hybridized carbons (Fsp3) is 0.219. The van der Waals surface area contributed by atoms with E-state index in [1.807, 2.05) is 24.3 Å². The van der Waals surface area contributed by atoms with E-state index in [0.717, 1.165) is 33.1 Å². The van der Waals surface area contributed by atoms with Crippen molar-refractivity contribution in [3.63, 3.8) is 0 Å². The van der Waals surface area contributed by atoms with Crippen LogP contribution in [0.2, 0.25) is 0 Å². The Labute approximate surface area is 274 Å². The zero-order valence-electron chi connectivity index (χ0n) is 24.0. The van der Waals surface area contributed by atoms with Crippen LogP contribution in [0.4, 0.5) is 11.4 Å². The molecular weight excluding hydrogens is 682 g/mol. The molecule has 4 aromatic rings. The number of esters is 1. The molecule has 45 heavy (non-hydrogen) atoms. The molecule has 0 spiro atoms. The first kappa shape index (κ1) is 30.8. The molecule has 13 heteroatoms. The van der Waals surface area contributed by atoms with Crippen LogP contribution in [-0.4, -0.2) is 47.2 Å². The Morgan fingerprint density at radius 1 is 0.933 bits per heavy atom. The van der Waals surface area contributed by atoms with Gasteiger partial charge in [0.25, 0.3) is 0 Å². The van der Waals surface area contributed by atoms with Crippen LogP contribution in [0.1, 0.15) is 33.6 Å². The summed E-state index contributed by atoms with van der Waals surface area (Å²) in [6, 6.07) is 20.4. The molecule has 2 unspecified atom stereocenters. The van der Waals surface area contributed by atoms with Crippen LogP contribution in [0.5, 0.6) is 5.75 Å². The van der Waals surface area contributed by atoms with E-state index in [9.17, 15) is 24.0 Å². The number of hydrogen-bond donors (Lipinski definition) is 1. The number of thiazole rings is 1. The number of benzene rings is 3. The molecule has 3 atom stereocenters. The molecule has 230 valence electrons. The van der Waals surface area contributed by atoms with Crippen molar-refractivity contribution in [3.8, 4) is 5.75 Å². The zero-order valence-corrected chi connectivity index (χ0v) is 27.2. The van der Waals surface area contributed by atoms with Gasteiger partial charge in [-0.2, -0.15) is 0 Å². The molecule has 6 rings (SSSR count). The van der Waals surface area contributed by atoms with Crippen LogP contribution in [0, 0.1) is 5.92 Å². The van der Waals surface area contributed by atoms with Gasteiger partial charge >= 0.3 is 10.8 Å². The molecule has 1 fully saturated rings. The highest BCUT2D eigenvalue weighted by molar-refractivity contribution is 9.10. The maximum absolute atomic E-state index is 14.0. The summed E-state index contributed by atoms with van der Waals surface area (Å²) in [7, 11) is 1.54. The van der Waals surface area contributed by atoms with Crippen LogP contribution >= 0.6 is 39.0 Å². The van der Waals surface area contributed by atoms with Gasteiger partial charge < -0.3 is 14.8 Å². The first-order valence-corrected chi connectivity index (χ1v) is 16.4. The number of fused-ring (bicyclic) bond motifs is 2. The minimum absolute atomic E-state index is 0.249. The lowest BCUT2D eigenvalue weighted by molar-refractivity contribution is -0.122. The highest BCUT2D eigenvalue weighted by Gasteiger charge is 2.56. The quantitative estimate of drug-likeness (QED) is 0.194. The van der Waals surface area contributed by atoms with Crippen LogP contribution < -0.4 is 19.8 Å². The van der Waals surface area contributed by atoms with Gasteiger partial charge in [0.2, 0.25) is 17.7 Å². The Morgan fingerprint density at radius 3 is 2.27 bits per heavy atom. The third-order valence-corrected chi connectivity index (χ3v) is 10.7. The average Bonchev–Trinajstić information content (AvgIpc) is 3.48. The lowest BCUT2D eigenvalue weighted by Crippen LogP contribution is -2.33. The van der Waals surface area contributed by atoms with Crippen molar-refractivity contribution in [3.05, 3.63) is 103 Å². The van der Waals surface area contributed by atoms with Crippen molar-refractivity contribution in [1.29, 1.82) is 0 Å². The monoisotopic (exact) mass is 707 g/mol. The first-order valence-electron chi connectivity index (χ1n) is 13.9. The molecule has 0 aliphatic carbocycles. The largest absolute Gasteiger partial charge is 0.497 e. The Kier molecular flexibility index (Phi) is 8.67. The van der Waals surface area contributed by atoms with Gasteiger partial charge in [0.15, 0.2) is 0 Å². The molecule has 1 aromatic heterocycles. The van der Waals surface area contributed by atoms with Gasteiger partial charge in [-0.1, -0.05) is 51.2 Å². The number of amides is 3. The van der Waals surface area contributed by atoms with Gasteiger partial charge in [-0.3, -0.25) is 23.7 Å². The van der Waals surface area contributed by atoms with E-state index >= 15 is 0 Å². The Balaban J connectivity index is 1.33. The zero-order chi connectivity index (χ0) is 31.8. The number of hydrogen-bond acceptors (Lipinski definition) is 9. The van der Waals surface area contributed by atoms with Crippen molar-refractivity contribution in [2.24, 2.45) is 5.92 Å². The van der Waals surface area contributed by atoms with Gasteiger partial charge in [0, 0.05) is 21.0 Å². The minimum atomic E-state index is -0.806. The number of ether oxygens (including phenoxy) is 2. The number of carbonyl (C=O) groups excluding carboxylic acids is 4. The van der Waals surface area contributed by atoms with E-state index in [0.29, 0.717) is 32.6 Å². The highest BCUT2D eigenvalue weighted by Crippen LogP contribution is 2.54. The van der Waals surface area contributed by atoms with Gasteiger partial charge in [-0.15, -0.1) is 0 Å². The summed E-state index contributed by atoms with van der Waals surface area (Å²) in [6.07, 6.45) is 0. The molecule has 0 saturated carbocycles. The number of aromatic nitrogens is 1. The van der Waals surface area contributed by atoms with Gasteiger partial charge in [0.1, 0.15) is 17.5 Å². The Hall–Kier alpha value is -4.20. The number of nitrogens with one attached hydrogen (secondary N) is 1. The van der Waals surface area contributed by atoms with E-state index in [1.165, 1.54) is 16.6 Å². The Bertz CT molecular complexity index is 1850. The predicted octanol–water partition coefficient (Wildman–Crippen LogP) is 5.29. The fourth-order valence-corrected chi connectivity index (χ4v) is 8.56. The standard InChI is InChI=1S/C32H26BrN3O7S2/c1-3-43-31(40)18-6-10-20(11-7-18)34-23(37)16-35-30-27(45-32(35)41)24(17-4-8-19(33)9-5-17)25-26(44-30)29(39)36(28(25)38)21-12-14-22(42-2)15-13-21/h4-15,24-26H,3,16H2,1-2H3,(H,34,37)/t24-,25?,26?/m1/s1. The van der Waals surface area contributed by atoms with Crippen molar-refractivity contribution >= 4 is 74.1 Å². The van der Waals surface area contributed by atoms with Gasteiger partial charge in [-0.25, -0.2) is 9.69 Å². The third-order valence-electron chi connectivity index (χ3n) is 7.59. The summed E-state index contributed by atoms with van der Waals surface area (Å²) in [4.78, 5) is 67.9. The summed E-state index contributed by atoms with van der Waals surface area (Å²) in [6.45, 7) is 1.67. The minimum Gasteiger partial charge on any atom is -0.497 e. The third kappa shape index (κ3) is 5.83. The fourth-order valence-electron chi connectivity index (χ4n) is 5.52. The average molecular weight is 709 g/mol. The number of anilines is 2. The van der Waals surface area contributed by atoms with E-state index < -0.39 is 29.0 Å². The molecular formula is C32H26BrN3O7S2. The number of halogens is 1. The van der Waals surface area contributed by atoms with Crippen molar-refractivity contribution < 1.29 is 28.7 Å². The van der Waals surface area contributed by atoms with E-state index in [2.05, 4.69) is 21.2 Å². The number of nitrogens with zero attached hydrogens (tertiary/aromatic N) is 2. The molecule has 1 saturated heterocycles. The second-order valence-electron chi connectivity index (χ2n) is 10.3. The molecule has 0 radical (unpaired) electrons. The second-order valence-corrected chi connectivity index (χ2v) is 13.3. The number of methoxy groups -OCH3 is 1. The number of imide groups is 1. The molecule has 0 bridgehead atoms. The van der Waals surface area contributed by atoms with Crippen LogP contribution in [0.15, 0.2) is 87.1 Å². The van der Waals surface area contributed by atoms with E-state index in [4.69, 9.17) is 9.47 Å². The maximum Gasteiger partial charge on any atom is 0.338 e. The Morgan fingerprint density at radius 2 is 1.62 bits per heavy atom. The molecule has 2 aliphatic heterocycles. The molecule has 1 N–H and O–H groups in total. The summed E-state index contributed by atoms with van der Waals surface area (Å²) < 4.78 is 12.4. The lowest BCUT2D eigenvalue weighted by atomic mass is 9.83. The summed E-state index contributed by atoms with van der Waals surface area (Å²) in [5.74, 6) is -2.39. The first-order chi connectivity index (χ1) is 21.7. The number of thioether (sulfide) groups is 1. The topological polar surface area (TPSA) is 124 Å². The second kappa shape index (κ2) is 12.7. The lowest BCUT2D eigenvalue weighted by Gasteiger charge is -2.30. The van der Waals surface area contributed by atoms with E-state index in [-0.39, 0.29) is 29.8 Å². The maximum atomic E-state index is 14.0.